The van der Waals surface area contributed by atoms with Crippen molar-refractivity contribution in [2.24, 2.45) is 0 Å². The van der Waals surface area contributed by atoms with E-state index >= 15 is 0 Å². The number of anilines is 1. The molecule has 1 atom stereocenters. The molecule has 3 rings (SSSR count). The van der Waals surface area contributed by atoms with E-state index in [4.69, 9.17) is 4.52 Å². The van der Waals surface area contributed by atoms with Gasteiger partial charge in [0, 0.05) is 18.6 Å². The predicted octanol–water partition coefficient (Wildman–Crippen LogP) is 0.402. The van der Waals surface area contributed by atoms with Gasteiger partial charge in [-0.2, -0.15) is 4.98 Å². The molecule has 0 radical (unpaired) electrons. The molecule has 1 unspecified atom stereocenters. The number of rotatable bonds is 1. The number of hydrogen-bond acceptors (Lipinski definition) is 5. The van der Waals surface area contributed by atoms with Crippen LogP contribution < -0.4 is 10.2 Å². The molecule has 2 aliphatic heterocycles. The van der Waals surface area contributed by atoms with Crippen LogP contribution in [0.2, 0.25) is 0 Å². The Labute approximate surface area is 82.5 Å². The highest BCUT2D eigenvalue weighted by Crippen LogP contribution is 2.31. The number of nitrogens with zero attached hydrogens (tertiary/aromatic N) is 3. The fourth-order valence-corrected chi connectivity index (χ4v) is 2.56. The quantitative estimate of drug-likeness (QED) is 0.701. The summed E-state index contributed by atoms with van der Waals surface area (Å²) in [5.74, 6) is 0. The van der Waals surface area contributed by atoms with Crippen molar-refractivity contribution < 1.29 is 4.52 Å². The summed E-state index contributed by atoms with van der Waals surface area (Å²) in [6, 6.07) is 0.663. The fraction of sp³-hybridized carbons (Fsp3) is 0.778. The van der Waals surface area contributed by atoms with Gasteiger partial charge in [0.2, 0.25) is 0 Å². The average Bonchev–Trinajstić information content (AvgIpc) is 2.91. The van der Waals surface area contributed by atoms with Crippen LogP contribution in [0, 0.1) is 0 Å². The summed E-state index contributed by atoms with van der Waals surface area (Å²) in [5.41, 5.74) is 0.328. The molecule has 1 aromatic heterocycles. The largest absolute Gasteiger partial charge is 0.323 e. The number of hydrogen-bond donors (Lipinski definition) is 1. The van der Waals surface area contributed by atoms with Crippen LogP contribution >= 0.6 is 0 Å². The SMILES string of the molecule is c1noc(N2CCC3(CCCN3)C2)n1. The van der Waals surface area contributed by atoms with Crippen LogP contribution in [0.3, 0.4) is 0 Å². The number of aromatic nitrogens is 2. The van der Waals surface area contributed by atoms with E-state index in [0.29, 0.717) is 11.6 Å². The topological polar surface area (TPSA) is 54.2 Å². The first-order valence-corrected chi connectivity index (χ1v) is 5.15. The van der Waals surface area contributed by atoms with Crippen LogP contribution in [0.15, 0.2) is 10.9 Å². The molecule has 0 aromatic carbocycles. The van der Waals surface area contributed by atoms with E-state index in [0.717, 1.165) is 19.6 Å². The van der Waals surface area contributed by atoms with E-state index in [1.165, 1.54) is 25.6 Å². The lowest BCUT2D eigenvalue weighted by molar-refractivity contribution is 0.400. The second-order valence-electron chi connectivity index (χ2n) is 4.21. The molecule has 1 aromatic rings. The zero-order valence-corrected chi connectivity index (χ0v) is 8.07. The van der Waals surface area contributed by atoms with E-state index in [1.807, 2.05) is 0 Å². The van der Waals surface area contributed by atoms with E-state index in [2.05, 4.69) is 20.4 Å². The third-order valence-electron chi connectivity index (χ3n) is 3.31. The van der Waals surface area contributed by atoms with Gasteiger partial charge in [-0.3, -0.25) is 0 Å². The Morgan fingerprint density at radius 3 is 3.21 bits per heavy atom. The highest BCUT2D eigenvalue weighted by atomic mass is 16.5. The molecular weight excluding hydrogens is 180 g/mol. The maximum Gasteiger partial charge on any atom is 0.323 e. The Bertz CT molecular complexity index is 305. The van der Waals surface area contributed by atoms with Gasteiger partial charge in [-0.05, 0) is 25.8 Å². The Kier molecular flexibility index (Phi) is 1.73. The fourth-order valence-electron chi connectivity index (χ4n) is 2.56. The zero-order valence-electron chi connectivity index (χ0n) is 8.07. The first-order chi connectivity index (χ1) is 6.88. The summed E-state index contributed by atoms with van der Waals surface area (Å²) < 4.78 is 5.06. The van der Waals surface area contributed by atoms with Crippen LogP contribution in [-0.2, 0) is 0 Å². The van der Waals surface area contributed by atoms with E-state index < -0.39 is 0 Å². The molecule has 0 aliphatic carbocycles. The third kappa shape index (κ3) is 1.19. The van der Waals surface area contributed by atoms with Gasteiger partial charge < -0.3 is 14.7 Å². The summed E-state index contributed by atoms with van der Waals surface area (Å²) in [6.07, 6.45) is 5.22. The highest BCUT2D eigenvalue weighted by Gasteiger charge is 2.41. The lowest BCUT2D eigenvalue weighted by Crippen LogP contribution is -2.42. The lowest BCUT2D eigenvalue weighted by atomic mass is 9.97. The van der Waals surface area contributed by atoms with Crippen molar-refractivity contribution >= 4 is 6.01 Å². The van der Waals surface area contributed by atoms with Crippen LogP contribution in [0.25, 0.3) is 0 Å². The lowest BCUT2D eigenvalue weighted by Gasteiger charge is -2.23. The second-order valence-corrected chi connectivity index (χ2v) is 4.21. The molecule has 3 heterocycles. The summed E-state index contributed by atoms with van der Waals surface area (Å²) in [7, 11) is 0. The van der Waals surface area contributed by atoms with Crippen LogP contribution in [0.1, 0.15) is 19.3 Å². The molecule has 0 amide bonds. The van der Waals surface area contributed by atoms with Gasteiger partial charge in [0.1, 0.15) is 0 Å². The van der Waals surface area contributed by atoms with E-state index in [1.54, 1.807) is 0 Å². The Morgan fingerprint density at radius 2 is 2.50 bits per heavy atom. The van der Waals surface area contributed by atoms with Crippen molar-refractivity contribution in [3.05, 3.63) is 6.33 Å². The van der Waals surface area contributed by atoms with Crippen molar-refractivity contribution in [2.45, 2.75) is 24.8 Å². The van der Waals surface area contributed by atoms with Crippen molar-refractivity contribution in [1.82, 2.24) is 15.5 Å². The Balaban J connectivity index is 1.75. The zero-order chi connectivity index (χ0) is 9.43. The summed E-state index contributed by atoms with van der Waals surface area (Å²) in [6.45, 7) is 3.18. The second kappa shape index (κ2) is 2.95. The third-order valence-corrected chi connectivity index (χ3v) is 3.31. The molecule has 1 N–H and O–H groups in total. The monoisotopic (exact) mass is 194 g/mol. The summed E-state index contributed by atoms with van der Waals surface area (Å²) >= 11 is 0. The molecule has 0 bridgehead atoms. The molecule has 14 heavy (non-hydrogen) atoms. The van der Waals surface area contributed by atoms with Crippen LogP contribution in [0.5, 0.6) is 0 Å². The van der Waals surface area contributed by atoms with Crippen molar-refractivity contribution in [1.29, 1.82) is 0 Å². The van der Waals surface area contributed by atoms with Gasteiger partial charge in [-0.25, -0.2) is 0 Å². The Hall–Kier alpha value is -1.10. The van der Waals surface area contributed by atoms with Gasteiger partial charge in [0.05, 0.1) is 0 Å². The minimum atomic E-state index is 0.328. The molecule has 0 saturated carbocycles. The van der Waals surface area contributed by atoms with Gasteiger partial charge in [0.15, 0.2) is 6.33 Å². The number of nitrogens with one attached hydrogen (secondary N) is 1. The maximum atomic E-state index is 5.06. The van der Waals surface area contributed by atoms with Crippen LogP contribution in [-0.4, -0.2) is 35.3 Å². The molecule has 76 valence electrons. The Morgan fingerprint density at radius 1 is 1.50 bits per heavy atom. The van der Waals surface area contributed by atoms with Gasteiger partial charge in [0.25, 0.3) is 0 Å². The molecule has 2 aliphatic rings. The first-order valence-electron chi connectivity index (χ1n) is 5.15. The molecule has 5 nitrogen and oxygen atoms in total. The van der Waals surface area contributed by atoms with E-state index in [-0.39, 0.29) is 0 Å². The van der Waals surface area contributed by atoms with Crippen molar-refractivity contribution in [3.8, 4) is 0 Å². The van der Waals surface area contributed by atoms with Crippen molar-refractivity contribution in [2.75, 3.05) is 24.5 Å². The molecule has 1 spiro atoms. The average molecular weight is 194 g/mol. The van der Waals surface area contributed by atoms with Gasteiger partial charge in [-0.15, -0.1) is 0 Å². The normalized spacial score (nSPS) is 31.9. The van der Waals surface area contributed by atoms with Crippen LogP contribution in [0.4, 0.5) is 6.01 Å². The van der Waals surface area contributed by atoms with E-state index in [9.17, 15) is 0 Å². The maximum absolute atomic E-state index is 5.06. The van der Waals surface area contributed by atoms with Crippen molar-refractivity contribution in [3.63, 3.8) is 0 Å². The molecule has 2 fully saturated rings. The molecule has 2 saturated heterocycles. The van der Waals surface area contributed by atoms with Gasteiger partial charge >= 0.3 is 6.01 Å². The summed E-state index contributed by atoms with van der Waals surface area (Å²) in [5, 5.41) is 7.23. The van der Waals surface area contributed by atoms with Gasteiger partial charge in [-0.1, -0.05) is 5.16 Å². The highest BCUT2D eigenvalue weighted by molar-refractivity contribution is 5.29. The summed E-state index contributed by atoms with van der Waals surface area (Å²) in [4.78, 5) is 6.25. The standard InChI is InChI=1S/C9H14N4O/c1-2-9(11-4-1)3-5-13(6-9)8-10-7-12-14-8/h7,11H,1-6H2. The molecular formula is C9H14N4O. The minimum Gasteiger partial charge on any atom is -0.323 e. The smallest absolute Gasteiger partial charge is 0.323 e. The minimum absolute atomic E-state index is 0.328. The molecule has 5 heteroatoms. The first kappa shape index (κ1) is 8.23. The predicted molar refractivity (Wildman–Crippen MR) is 51.1 cm³/mol.